The lowest BCUT2D eigenvalue weighted by Gasteiger charge is -2.16. The van der Waals surface area contributed by atoms with Crippen LogP contribution in [0.15, 0.2) is 48.5 Å². The summed E-state index contributed by atoms with van der Waals surface area (Å²) in [6.45, 7) is -1.14. The van der Waals surface area contributed by atoms with Gasteiger partial charge in [-0.25, -0.2) is 0 Å². The molecule has 2 aromatic rings. The molecular formula is C16H14ClF2NO2. The van der Waals surface area contributed by atoms with Crippen LogP contribution in [-0.2, 0) is 0 Å². The van der Waals surface area contributed by atoms with Crippen molar-refractivity contribution < 1.29 is 18.3 Å². The molecule has 0 unspecified atom stereocenters. The fourth-order valence-electron chi connectivity index (χ4n) is 2.00. The van der Waals surface area contributed by atoms with E-state index < -0.39 is 12.5 Å². The zero-order chi connectivity index (χ0) is 16.1. The summed E-state index contributed by atoms with van der Waals surface area (Å²) in [5.74, 6) is -0.458. The Bertz CT molecular complexity index is 664. The normalized spacial score (nSPS) is 12.0. The molecule has 0 radical (unpaired) electrons. The Morgan fingerprint density at radius 1 is 1.18 bits per heavy atom. The highest BCUT2D eigenvalue weighted by atomic mass is 35.5. The first-order valence-electron chi connectivity index (χ1n) is 6.57. The lowest BCUT2D eigenvalue weighted by Crippen LogP contribution is -2.26. The second kappa shape index (κ2) is 7.22. The molecule has 6 heteroatoms. The monoisotopic (exact) mass is 325 g/mol. The second-order valence-electron chi connectivity index (χ2n) is 4.62. The fraction of sp³-hybridized carbons (Fsp3) is 0.188. The molecule has 1 amide bonds. The van der Waals surface area contributed by atoms with Crippen molar-refractivity contribution in [3.63, 3.8) is 0 Å². The highest BCUT2D eigenvalue weighted by Gasteiger charge is 2.14. The highest BCUT2D eigenvalue weighted by molar-refractivity contribution is 6.31. The van der Waals surface area contributed by atoms with E-state index >= 15 is 0 Å². The molecule has 0 saturated heterocycles. The molecule has 0 spiro atoms. The van der Waals surface area contributed by atoms with E-state index in [1.54, 1.807) is 19.1 Å². The number of benzene rings is 2. The van der Waals surface area contributed by atoms with Crippen LogP contribution in [0.1, 0.15) is 28.9 Å². The maximum Gasteiger partial charge on any atom is 0.387 e. The summed E-state index contributed by atoms with van der Waals surface area (Å²) in [5, 5.41) is 3.31. The zero-order valence-electron chi connectivity index (χ0n) is 11.7. The van der Waals surface area contributed by atoms with Crippen molar-refractivity contribution in [2.24, 2.45) is 0 Å². The second-order valence-corrected chi connectivity index (χ2v) is 5.03. The van der Waals surface area contributed by atoms with E-state index in [0.29, 0.717) is 5.02 Å². The van der Waals surface area contributed by atoms with Gasteiger partial charge in [0.15, 0.2) is 0 Å². The minimum Gasteiger partial charge on any atom is -0.435 e. The minimum absolute atomic E-state index is 0.0620. The van der Waals surface area contributed by atoms with Crippen molar-refractivity contribution in [3.05, 3.63) is 64.7 Å². The van der Waals surface area contributed by atoms with E-state index in [1.807, 2.05) is 12.1 Å². The molecule has 0 aliphatic rings. The summed E-state index contributed by atoms with van der Waals surface area (Å²) >= 11 is 6.08. The van der Waals surface area contributed by atoms with E-state index in [0.717, 1.165) is 5.56 Å². The van der Waals surface area contributed by atoms with Crippen molar-refractivity contribution in [1.29, 1.82) is 0 Å². The van der Waals surface area contributed by atoms with Crippen LogP contribution in [0.2, 0.25) is 5.02 Å². The fourth-order valence-corrected chi connectivity index (χ4v) is 2.30. The first-order chi connectivity index (χ1) is 10.5. The van der Waals surface area contributed by atoms with E-state index in [2.05, 4.69) is 10.1 Å². The third-order valence-corrected chi connectivity index (χ3v) is 3.38. The summed E-state index contributed by atoms with van der Waals surface area (Å²) in [5.41, 5.74) is 1.01. The molecule has 0 aliphatic heterocycles. The average molecular weight is 326 g/mol. The van der Waals surface area contributed by atoms with Gasteiger partial charge in [-0.15, -0.1) is 0 Å². The van der Waals surface area contributed by atoms with Gasteiger partial charge in [-0.3, -0.25) is 4.79 Å². The van der Waals surface area contributed by atoms with Crippen LogP contribution in [0.3, 0.4) is 0 Å². The van der Waals surface area contributed by atoms with Crippen molar-refractivity contribution in [3.8, 4) is 5.75 Å². The molecule has 2 aromatic carbocycles. The van der Waals surface area contributed by atoms with Gasteiger partial charge in [0.05, 0.1) is 6.04 Å². The van der Waals surface area contributed by atoms with Crippen LogP contribution < -0.4 is 10.1 Å². The molecule has 0 aromatic heterocycles. The molecule has 1 N–H and O–H groups in total. The van der Waals surface area contributed by atoms with Gasteiger partial charge in [0, 0.05) is 10.6 Å². The van der Waals surface area contributed by atoms with E-state index in [1.165, 1.54) is 24.3 Å². The molecular weight excluding hydrogens is 312 g/mol. The SMILES string of the molecule is C[C@@H](NC(=O)c1cccc(OC(F)F)c1)c1ccccc1Cl. The number of carbonyl (C=O) groups excluding carboxylic acids is 1. The average Bonchev–Trinajstić information content (AvgIpc) is 2.47. The van der Waals surface area contributed by atoms with Gasteiger partial charge in [-0.05, 0) is 36.8 Å². The summed E-state index contributed by atoms with van der Waals surface area (Å²) < 4.78 is 28.7. The van der Waals surface area contributed by atoms with Crippen LogP contribution in [0.4, 0.5) is 8.78 Å². The molecule has 0 aliphatic carbocycles. The zero-order valence-corrected chi connectivity index (χ0v) is 12.5. The third kappa shape index (κ3) is 4.18. The largest absolute Gasteiger partial charge is 0.435 e. The maximum atomic E-state index is 12.2. The van der Waals surface area contributed by atoms with Crippen LogP contribution in [0, 0.1) is 0 Å². The summed E-state index contributed by atoms with van der Waals surface area (Å²) in [7, 11) is 0. The Balaban J connectivity index is 2.10. The number of alkyl halides is 2. The van der Waals surface area contributed by atoms with Gasteiger partial charge in [-0.2, -0.15) is 8.78 Å². The smallest absolute Gasteiger partial charge is 0.387 e. The van der Waals surface area contributed by atoms with Crippen LogP contribution in [0.5, 0.6) is 5.75 Å². The number of amides is 1. The minimum atomic E-state index is -2.93. The number of rotatable bonds is 5. The van der Waals surface area contributed by atoms with Crippen molar-refractivity contribution in [2.75, 3.05) is 0 Å². The number of nitrogens with one attached hydrogen (secondary N) is 1. The summed E-state index contributed by atoms with van der Waals surface area (Å²) in [6, 6.07) is 12.5. The summed E-state index contributed by atoms with van der Waals surface area (Å²) in [4.78, 5) is 12.2. The lowest BCUT2D eigenvalue weighted by molar-refractivity contribution is -0.0498. The first-order valence-corrected chi connectivity index (χ1v) is 6.95. The Labute approximate surface area is 131 Å². The van der Waals surface area contributed by atoms with Gasteiger partial charge in [0.25, 0.3) is 5.91 Å². The van der Waals surface area contributed by atoms with Gasteiger partial charge in [-0.1, -0.05) is 35.9 Å². The van der Waals surface area contributed by atoms with Crippen molar-refractivity contribution in [1.82, 2.24) is 5.32 Å². The Morgan fingerprint density at radius 3 is 2.59 bits per heavy atom. The number of ether oxygens (including phenoxy) is 1. The molecule has 0 fully saturated rings. The number of hydrogen-bond acceptors (Lipinski definition) is 2. The Morgan fingerprint density at radius 2 is 1.91 bits per heavy atom. The number of carbonyl (C=O) groups is 1. The van der Waals surface area contributed by atoms with Crippen molar-refractivity contribution >= 4 is 17.5 Å². The van der Waals surface area contributed by atoms with Gasteiger partial charge >= 0.3 is 6.61 Å². The lowest BCUT2D eigenvalue weighted by atomic mass is 10.1. The Hall–Kier alpha value is -2.14. The van der Waals surface area contributed by atoms with Gasteiger partial charge < -0.3 is 10.1 Å². The third-order valence-electron chi connectivity index (χ3n) is 3.04. The molecule has 0 saturated carbocycles. The highest BCUT2D eigenvalue weighted by Crippen LogP contribution is 2.23. The quantitative estimate of drug-likeness (QED) is 0.883. The molecule has 3 nitrogen and oxygen atoms in total. The standard InChI is InChI=1S/C16H14ClF2NO2/c1-10(13-7-2-3-8-14(13)17)20-15(21)11-5-4-6-12(9-11)22-16(18)19/h2-10,16H,1H3,(H,20,21)/t10-/m1/s1. The maximum absolute atomic E-state index is 12.2. The van der Waals surface area contributed by atoms with E-state index in [9.17, 15) is 13.6 Å². The molecule has 116 valence electrons. The summed E-state index contributed by atoms with van der Waals surface area (Å²) in [6.07, 6.45) is 0. The molecule has 22 heavy (non-hydrogen) atoms. The van der Waals surface area contributed by atoms with Crippen molar-refractivity contribution in [2.45, 2.75) is 19.6 Å². The van der Waals surface area contributed by atoms with Gasteiger partial charge in [0.2, 0.25) is 0 Å². The predicted octanol–water partition coefficient (Wildman–Crippen LogP) is 4.43. The van der Waals surface area contributed by atoms with E-state index in [-0.39, 0.29) is 17.4 Å². The van der Waals surface area contributed by atoms with E-state index in [4.69, 9.17) is 11.6 Å². The molecule has 1 atom stereocenters. The molecule has 2 rings (SSSR count). The topological polar surface area (TPSA) is 38.3 Å². The van der Waals surface area contributed by atoms with Gasteiger partial charge in [0.1, 0.15) is 5.75 Å². The van der Waals surface area contributed by atoms with Crippen LogP contribution >= 0.6 is 11.6 Å². The molecule has 0 heterocycles. The van der Waals surface area contributed by atoms with Crippen LogP contribution in [-0.4, -0.2) is 12.5 Å². The van der Waals surface area contributed by atoms with Crippen LogP contribution in [0.25, 0.3) is 0 Å². The Kier molecular flexibility index (Phi) is 5.33. The number of halogens is 3. The predicted molar refractivity (Wildman–Crippen MR) is 80.4 cm³/mol. The number of hydrogen-bond donors (Lipinski definition) is 1. The molecule has 0 bridgehead atoms. The first kappa shape index (κ1) is 16.2.